The molecule has 1 unspecified atom stereocenters. The highest BCUT2D eigenvalue weighted by Crippen LogP contribution is 2.08. The van der Waals surface area contributed by atoms with Crippen LogP contribution < -0.4 is 5.32 Å². The normalized spacial score (nSPS) is 23.1. The minimum Gasteiger partial charge on any atom is -0.311 e. The van der Waals surface area contributed by atoms with E-state index >= 15 is 0 Å². The number of thiazole rings is 1. The number of nitrogens with one attached hydrogen (secondary N) is 1. The van der Waals surface area contributed by atoms with Crippen LogP contribution in [-0.4, -0.2) is 42.1 Å². The molecule has 84 valence electrons. The van der Waals surface area contributed by atoms with Crippen molar-refractivity contribution in [1.29, 1.82) is 0 Å². The van der Waals surface area contributed by atoms with E-state index in [0.29, 0.717) is 6.04 Å². The van der Waals surface area contributed by atoms with Gasteiger partial charge in [0.05, 0.1) is 5.01 Å². The van der Waals surface area contributed by atoms with Crippen LogP contribution in [0.3, 0.4) is 0 Å². The summed E-state index contributed by atoms with van der Waals surface area (Å²) in [5.41, 5.74) is 0. The molecule has 1 saturated heterocycles. The van der Waals surface area contributed by atoms with Crippen molar-refractivity contribution in [3.05, 3.63) is 16.6 Å². The molecule has 1 aromatic rings. The molecule has 1 N–H and O–H groups in total. The second kappa shape index (κ2) is 5.58. The molecule has 0 amide bonds. The molecule has 0 spiro atoms. The Labute approximate surface area is 95.5 Å². The lowest BCUT2D eigenvalue weighted by atomic mass is 10.1. The van der Waals surface area contributed by atoms with Crippen LogP contribution >= 0.6 is 11.3 Å². The van der Waals surface area contributed by atoms with Gasteiger partial charge in [-0.2, -0.15) is 0 Å². The third kappa shape index (κ3) is 3.26. The number of nitrogens with zero attached hydrogens (tertiary/aromatic N) is 2. The fraction of sp³-hybridized carbons (Fsp3) is 0.727. The summed E-state index contributed by atoms with van der Waals surface area (Å²) in [6.07, 6.45) is 4.23. The molecule has 0 saturated carbocycles. The Kier molecular flexibility index (Phi) is 4.11. The molecule has 15 heavy (non-hydrogen) atoms. The van der Waals surface area contributed by atoms with Gasteiger partial charge in [-0.3, -0.25) is 0 Å². The topological polar surface area (TPSA) is 28.2 Å². The van der Waals surface area contributed by atoms with Crippen LogP contribution in [0.2, 0.25) is 0 Å². The molecule has 0 bridgehead atoms. The second-order valence-corrected chi connectivity index (χ2v) is 5.01. The van der Waals surface area contributed by atoms with Crippen molar-refractivity contribution in [3.63, 3.8) is 0 Å². The first kappa shape index (κ1) is 11.0. The van der Waals surface area contributed by atoms with E-state index in [2.05, 4.69) is 27.5 Å². The largest absolute Gasteiger partial charge is 0.311 e. The van der Waals surface area contributed by atoms with E-state index in [0.717, 1.165) is 19.5 Å². The minimum absolute atomic E-state index is 0.690. The first-order valence-electron chi connectivity index (χ1n) is 5.72. The molecule has 1 fully saturated rings. The van der Waals surface area contributed by atoms with Gasteiger partial charge in [0.25, 0.3) is 0 Å². The van der Waals surface area contributed by atoms with Gasteiger partial charge in [0, 0.05) is 50.2 Å². The summed E-state index contributed by atoms with van der Waals surface area (Å²) in [5, 5.41) is 6.86. The summed E-state index contributed by atoms with van der Waals surface area (Å²) in [5.74, 6) is 0. The molecule has 0 aliphatic carbocycles. The summed E-state index contributed by atoms with van der Waals surface area (Å²) in [6, 6.07) is 0.690. The third-order valence-corrected chi connectivity index (χ3v) is 3.80. The van der Waals surface area contributed by atoms with Crippen molar-refractivity contribution < 1.29 is 0 Å². The van der Waals surface area contributed by atoms with Crippen molar-refractivity contribution in [2.75, 3.05) is 26.2 Å². The van der Waals surface area contributed by atoms with Crippen LogP contribution in [0.5, 0.6) is 0 Å². The fourth-order valence-electron chi connectivity index (χ4n) is 2.00. The molecule has 2 heterocycles. The average molecular weight is 225 g/mol. The van der Waals surface area contributed by atoms with E-state index in [1.807, 2.05) is 6.20 Å². The first-order chi connectivity index (χ1) is 7.38. The summed E-state index contributed by atoms with van der Waals surface area (Å²) in [7, 11) is 0. The van der Waals surface area contributed by atoms with Gasteiger partial charge in [0.2, 0.25) is 0 Å². The highest BCUT2D eigenvalue weighted by Gasteiger charge is 2.17. The molecular formula is C11H19N3S. The van der Waals surface area contributed by atoms with E-state index in [1.54, 1.807) is 11.3 Å². The predicted molar refractivity (Wildman–Crippen MR) is 64.3 cm³/mol. The van der Waals surface area contributed by atoms with Gasteiger partial charge in [-0.05, 0) is 6.42 Å². The summed E-state index contributed by atoms with van der Waals surface area (Å²) in [6.45, 7) is 6.92. The number of aromatic nitrogens is 1. The average Bonchev–Trinajstić information content (AvgIpc) is 2.79. The Hall–Kier alpha value is -0.450. The summed E-state index contributed by atoms with van der Waals surface area (Å²) in [4.78, 5) is 6.86. The van der Waals surface area contributed by atoms with Crippen molar-refractivity contribution >= 4 is 11.3 Å². The van der Waals surface area contributed by atoms with Crippen LogP contribution in [0.1, 0.15) is 18.4 Å². The fourth-order valence-corrected chi connectivity index (χ4v) is 2.61. The van der Waals surface area contributed by atoms with Gasteiger partial charge in [0.15, 0.2) is 0 Å². The van der Waals surface area contributed by atoms with Crippen LogP contribution in [0.4, 0.5) is 0 Å². The lowest BCUT2D eigenvalue weighted by Crippen LogP contribution is -2.50. The smallest absolute Gasteiger partial charge is 0.0937 e. The molecule has 1 aliphatic heterocycles. The molecule has 2 rings (SSSR count). The maximum atomic E-state index is 4.32. The van der Waals surface area contributed by atoms with E-state index in [4.69, 9.17) is 0 Å². The standard InChI is InChI=1S/C11H19N3S/c1-2-10-9-14(7-4-12-10)6-3-11-13-5-8-15-11/h5,8,10,12H,2-4,6-7,9H2,1H3. The maximum absolute atomic E-state index is 4.32. The molecule has 3 nitrogen and oxygen atoms in total. The lowest BCUT2D eigenvalue weighted by molar-refractivity contribution is 0.199. The molecule has 1 aromatic heterocycles. The Balaban J connectivity index is 1.74. The number of hydrogen-bond acceptors (Lipinski definition) is 4. The predicted octanol–water partition coefficient (Wildman–Crippen LogP) is 1.37. The Morgan fingerprint density at radius 2 is 2.60 bits per heavy atom. The molecular weight excluding hydrogens is 206 g/mol. The molecule has 1 aliphatic rings. The monoisotopic (exact) mass is 225 g/mol. The van der Waals surface area contributed by atoms with E-state index in [-0.39, 0.29) is 0 Å². The Morgan fingerprint density at radius 1 is 1.67 bits per heavy atom. The van der Waals surface area contributed by atoms with Gasteiger partial charge >= 0.3 is 0 Å². The Bertz CT molecular complexity index is 273. The van der Waals surface area contributed by atoms with Crippen molar-refractivity contribution in [2.24, 2.45) is 0 Å². The third-order valence-electron chi connectivity index (χ3n) is 2.96. The zero-order chi connectivity index (χ0) is 10.5. The van der Waals surface area contributed by atoms with Gasteiger partial charge in [-0.1, -0.05) is 6.92 Å². The van der Waals surface area contributed by atoms with Crippen molar-refractivity contribution in [2.45, 2.75) is 25.8 Å². The summed E-state index contributed by atoms with van der Waals surface area (Å²) < 4.78 is 0. The number of hydrogen-bond donors (Lipinski definition) is 1. The van der Waals surface area contributed by atoms with Crippen LogP contribution in [0.15, 0.2) is 11.6 Å². The van der Waals surface area contributed by atoms with E-state index in [1.165, 1.54) is 24.5 Å². The second-order valence-electron chi connectivity index (χ2n) is 4.04. The van der Waals surface area contributed by atoms with Gasteiger partial charge < -0.3 is 10.2 Å². The SMILES string of the molecule is CCC1CN(CCc2nccs2)CCN1. The molecule has 0 radical (unpaired) electrons. The van der Waals surface area contributed by atoms with Crippen molar-refractivity contribution in [1.82, 2.24) is 15.2 Å². The molecule has 4 heteroatoms. The zero-order valence-corrected chi connectivity index (χ0v) is 10.1. The molecule has 1 atom stereocenters. The molecule has 0 aromatic carbocycles. The summed E-state index contributed by atoms with van der Waals surface area (Å²) >= 11 is 1.76. The number of rotatable bonds is 4. The first-order valence-corrected chi connectivity index (χ1v) is 6.60. The number of piperazine rings is 1. The van der Waals surface area contributed by atoms with Crippen molar-refractivity contribution in [3.8, 4) is 0 Å². The van der Waals surface area contributed by atoms with Crippen LogP contribution in [0, 0.1) is 0 Å². The maximum Gasteiger partial charge on any atom is 0.0937 e. The van der Waals surface area contributed by atoms with Crippen LogP contribution in [-0.2, 0) is 6.42 Å². The van der Waals surface area contributed by atoms with Gasteiger partial charge in [-0.25, -0.2) is 4.98 Å². The van der Waals surface area contributed by atoms with E-state index in [9.17, 15) is 0 Å². The highest BCUT2D eigenvalue weighted by atomic mass is 32.1. The van der Waals surface area contributed by atoms with Crippen LogP contribution in [0.25, 0.3) is 0 Å². The Morgan fingerprint density at radius 3 is 3.33 bits per heavy atom. The van der Waals surface area contributed by atoms with Gasteiger partial charge in [0.1, 0.15) is 0 Å². The zero-order valence-electron chi connectivity index (χ0n) is 9.28. The van der Waals surface area contributed by atoms with Gasteiger partial charge in [-0.15, -0.1) is 11.3 Å². The highest BCUT2D eigenvalue weighted by molar-refractivity contribution is 7.09. The minimum atomic E-state index is 0.690. The lowest BCUT2D eigenvalue weighted by Gasteiger charge is -2.33. The van der Waals surface area contributed by atoms with E-state index < -0.39 is 0 Å². The quantitative estimate of drug-likeness (QED) is 0.839.